The van der Waals surface area contributed by atoms with Gasteiger partial charge >= 0.3 is 0 Å². The maximum Gasteiger partial charge on any atom is 0.0599 e. The molecule has 0 N–H and O–H groups in total. The van der Waals surface area contributed by atoms with Gasteiger partial charge in [-0.1, -0.05) is 12.8 Å². The lowest BCUT2D eigenvalue weighted by Gasteiger charge is -2.38. The molecule has 0 radical (unpaired) electrons. The van der Waals surface area contributed by atoms with Crippen molar-refractivity contribution in [3.63, 3.8) is 0 Å². The Labute approximate surface area is 75.5 Å². The summed E-state index contributed by atoms with van der Waals surface area (Å²) in [6.07, 6.45) is 6.50. The molecule has 2 nitrogen and oxygen atoms in total. The fourth-order valence-electron chi connectivity index (χ4n) is 1.72. The number of piperazine rings is 1. The van der Waals surface area contributed by atoms with Crippen molar-refractivity contribution in [2.24, 2.45) is 0 Å². The highest BCUT2D eigenvalue weighted by Gasteiger charge is 2.21. The van der Waals surface area contributed by atoms with Gasteiger partial charge in [0, 0.05) is 25.7 Å². The molecule has 68 valence electrons. The molecule has 0 aromatic carbocycles. The van der Waals surface area contributed by atoms with Gasteiger partial charge in [0.15, 0.2) is 0 Å². The van der Waals surface area contributed by atoms with E-state index in [4.69, 9.17) is 6.42 Å². The van der Waals surface area contributed by atoms with Crippen molar-refractivity contribution in [2.45, 2.75) is 19.4 Å². The van der Waals surface area contributed by atoms with E-state index >= 15 is 0 Å². The largest absolute Gasteiger partial charge is 0.301 e. The van der Waals surface area contributed by atoms with Crippen molar-refractivity contribution in [1.29, 1.82) is 0 Å². The van der Waals surface area contributed by atoms with Crippen LogP contribution < -0.4 is 0 Å². The molecule has 1 heterocycles. The lowest BCUT2D eigenvalue weighted by molar-refractivity contribution is 0.103. The molecule has 0 bridgehead atoms. The molecule has 1 rings (SSSR count). The predicted octanol–water partition coefficient (Wildman–Crippen LogP) is 0.646. The topological polar surface area (TPSA) is 6.48 Å². The Hall–Kier alpha value is -0.520. The van der Waals surface area contributed by atoms with Crippen LogP contribution in [-0.2, 0) is 0 Å². The molecule has 1 unspecified atom stereocenters. The molecule has 1 saturated heterocycles. The van der Waals surface area contributed by atoms with Gasteiger partial charge < -0.3 is 4.90 Å². The third-order valence-electron chi connectivity index (χ3n) is 2.65. The molecule has 0 aromatic rings. The monoisotopic (exact) mass is 166 g/mol. The quantitative estimate of drug-likeness (QED) is 0.556. The van der Waals surface area contributed by atoms with Gasteiger partial charge in [-0.3, -0.25) is 4.90 Å². The Morgan fingerprint density at radius 2 is 2.25 bits per heavy atom. The lowest BCUT2D eigenvalue weighted by atomic mass is 10.1. The summed E-state index contributed by atoms with van der Waals surface area (Å²) < 4.78 is 0. The first-order chi connectivity index (χ1) is 5.77. The summed E-state index contributed by atoms with van der Waals surface area (Å²) in [5.41, 5.74) is 0. The molecular weight excluding hydrogens is 148 g/mol. The fourth-order valence-corrected chi connectivity index (χ4v) is 1.72. The zero-order valence-corrected chi connectivity index (χ0v) is 8.08. The van der Waals surface area contributed by atoms with Crippen LogP contribution in [0.4, 0.5) is 0 Å². The molecule has 2 heteroatoms. The van der Waals surface area contributed by atoms with E-state index in [1.54, 1.807) is 0 Å². The van der Waals surface area contributed by atoms with Crippen LogP contribution in [-0.4, -0.2) is 49.1 Å². The smallest absolute Gasteiger partial charge is 0.0599 e. The van der Waals surface area contributed by atoms with Gasteiger partial charge in [0.2, 0.25) is 0 Å². The van der Waals surface area contributed by atoms with E-state index in [2.05, 4.69) is 29.7 Å². The van der Waals surface area contributed by atoms with Crippen LogP contribution in [0, 0.1) is 12.3 Å². The molecule has 0 spiro atoms. The summed E-state index contributed by atoms with van der Waals surface area (Å²) in [4.78, 5) is 4.78. The fraction of sp³-hybridized carbons (Fsp3) is 0.800. The van der Waals surface area contributed by atoms with Crippen LogP contribution in [0.5, 0.6) is 0 Å². The standard InChI is InChI=1S/C10H18N2/c1-4-6-12-8-7-11(3)10(5-2)9-12/h1,10H,5-9H2,2-3H3. The van der Waals surface area contributed by atoms with Gasteiger partial charge in [0.05, 0.1) is 6.54 Å². The van der Waals surface area contributed by atoms with Crippen LogP contribution >= 0.6 is 0 Å². The molecule has 1 aliphatic rings. The summed E-state index contributed by atoms with van der Waals surface area (Å²) in [6, 6.07) is 0.701. The van der Waals surface area contributed by atoms with Crippen LogP contribution in [0.1, 0.15) is 13.3 Å². The molecule has 0 aliphatic carbocycles. The Kier molecular flexibility index (Phi) is 3.58. The van der Waals surface area contributed by atoms with Gasteiger partial charge in [-0.05, 0) is 13.5 Å². The maximum absolute atomic E-state index is 5.28. The first-order valence-electron chi connectivity index (χ1n) is 4.64. The molecule has 1 fully saturated rings. The van der Waals surface area contributed by atoms with E-state index in [1.165, 1.54) is 6.42 Å². The molecule has 0 aromatic heterocycles. The van der Waals surface area contributed by atoms with Crippen LogP contribution in [0.2, 0.25) is 0 Å². The molecule has 1 atom stereocenters. The van der Waals surface area contributed by atoms with Crippen LogP contribution in [0.25, 0.3) is 0 Å². The van der Waals surface area contributed by atoms with E-state index in [1.807, 2.05) is 0 Å². The summed E-state index contributed by atoms with van der Waals surface area (Å²) >= 11 is 0. The molecule has 12 heavy (non-hydrogen) atoms. The number of hydrogen-bond donors (Lipinski definition) is 0. The second kappa shape index (κ2) is 4.49. The Morgan fingerprint density at radius 3 is 2.83 bits per heavy atom. The summed E-state index contributed by atoms with van der Waals surface area (Å²) in [6.45, 7) is 6.46. The van der Waals surface area contributed by atoms with Gasteiger partial charge in [0.1, 0.15) is 0 Å². The van der Waals surface area contributed by atoms with E-state index < -0.39 is 0 Å². The Morgan fingerprint density at radius 1 is 1.50 bits per heavy atom. The first-order valence-corrected chi connectivity index (χ1v) is 4.64. The second-order valence-corrected chi connectivity index (χ2v) is 3.48. The van der Waals surface area contributed by atoms with Gasteiger partial charge in [-0.15, -0.1) is 6.42 Å². The predicted molar refractivity (Wildman–Crippen MR) is 52.0 cm³/mol. The number of nitrogens with zero attached hydrogens (tertiary/aromatic N) is 2. The highest BCUT2D eigenvalue weighted by atomic mass is 15.3. The third kappa shape index (κ3) is 2.23. The number of rotatable bonds is 2. The molecule has 0 amide bonds. The number of hydrogen-bond acceptors (Lipinski definition) is 2. The van der Waals surface area contributed by atoms with Crippen LogP contribution in [0.15, 0.2) is 0 Å². The maximum atomic E-state index is 5.28. The SMILES string of the molecule is C#CCN1CCN(C)C(CC)C1. The second-order valence-electron chi connectivity index (χ2n) is 3.48. The number of likely N-dealkylation sites (N-methyl/N-ethyl adjacent to an activating group) is 1. The minimum atomic E-state index is 0.701. The highest BCUT2D eigenvalue weighted by molar-refractivity contribution is 4.91. The lowest BCUT2D eigenvalue weighted by Crippen LogP contribution is -2.51. The minimum Gasteiger partial charge on any atom is -0.301 e. The van der Waals surface area contributed by atoms with Crippen molar-refractivity contribution in [3.8, 4) is 12.3 Å². The zero-order valence-electron chi connectivity index (χ0n) is 8.08. The number of terminal acetylenes is 1. The normalized spacial score (nSPS) is 26.9. The average molecular weight is 166 g/mol. The van der Waals surface area contributed by atoms with Gasteiger partial charge in [-0.2, -0.15) is 0 Å². The minimum absolute atomic E-state index is 0.701. The van der Waals surface area contributed by atoms with Crippen molar-refractivity contribution < 1.29 is 0 Å². The zero-order chi connectivity index (χ0) is 8.97. The molecule has 1 aliphatic heterocycles. The first kappa shape index (κ1) is 9.57. The Balaban J connectivity index is 2.39. The highest BCUT2D eigenvalue weighted by Crippen LogP contribution is 2.09. The van der Waals surface area contributed by atoms with Gasteiger partial charge in [0.25, 0.3) is 0 Å². The average Bonchev–Trinajstić information content (AvgIpc) is 2.09. The summed E-state index contributed by atoms with van der Waals surface area (Å²) in [5.74, 6) is 2.70. The van der Waals surface area contributed by atoms with Crippen molar-refractivity contribution in [2.75, 3.05) is 33.2 Å². The molecule has 0 saturated carbocycles. The summed E-state index contributed by atoms with van der Waals surface area (Å²) in [5, 5.41) is 0. The summed E-state index contributed by atoms with van der Waals surface area (Å²) in [7, 11) is 2.20. The molecular formula is C10H18N2. The van der Waals surface area contributed by atoms with Gasteiger partial charge in [-0.25, -0.2) is 0 Å². The Bertz CT molecular complexity index is 171. The van der Waals surface area contributed by atoms with E-state index in [0.717, 1.165) is 26.2 Å². The van der Waals surface area contributed by atoms with Crippen molar-refractivity contribution in [3.05, 3.63) is 0 Å². The van der Waals surface area contributed by atoms with Crippen molar-refractivity contribution in [1.82, 2.24) is 9.80 Å². The van der Waals surface area contributed by atoms with E-state index in [-0.39, 0.29) is 0 Å². The van der Waals surface area contributed by atoms with Crippen LogP contribution in [0.3, 0.4) is 0 Å². The van der Waals surface area contributed by atoms with E-state index in [0.29, 0.717) is 6.04 Å². The van der Waals surface area contributed by atoms with Crippen molar-refractivity contribution >= 4 is 0 Å². The third-order valence-corrected chi connectivity index (χ3v) is 2.65. The van der Waals surface area contributed by atoms with E-state index in [9.17, 15) is 0 Å².